The van der Waals surface area contributed by atoms with Crippen molar-refractivity contribution in [3.8, 4) is 0 Å². The number of benzene rings is 1. The van der Waals surface area contributed by atoms with E-state index in [0.717, 1.165) is 11.0 Å². The minimum atomic E-state index is -0.0311. The molecule has 0 bridgehead atoms. The monoisotopic (exact) mass is 252 g/mol. The average Bonchev–Trinajstić information content (AvgIpc) is 2.34. The molecule has 0 saturated heterocycles. The first-order chi connectivity index (χ1) is 5.27. The van der Waals surface area contributed by atoms with Crippen LogP contribution in [-0.4, -0.2) is 22.9 Å². The third-order valence-electron chi connectivity index (χ3n) is 1.28. The molecule has 11 heavy (non-hydrogen) atoms. The molecule has 0 amide bonds. The third-order valence-corrected chi connectivity index (χ3v) is 2.92. The third kappa shape index (κ3) is 1.29. The molecule has 0 atom stereocenters. The summed E-state index contributed by atoms with van der Waals surface area (Å²) in [5, 5.41) is 1.21. The fourth-order valence-electron chi connectivity index (χ4n) is 0.818. The molecule has 5 heteroatoms. The Kier molecular flexibility index (Phi) is 1.90. The van der Waals surface area contributed by atoms with Crippen LogP contribution < -0.4 is 0 Å². The van der Waals surface area contributed by atoms with Crippen LogP contribution in [0.25, 0.3) is 11.0 Å². The van der Waals surface area contributed by atoms with E-state index in [4.69, 9.17) is 23.2 Å². The Morgan fingerprint density at radius 1 is 1.18 bits per heavy atom. The summed E-state index contributed by atoms with van der Waals surface area (Å²) in [5.74, 6) is 0. The van der Waals surface area contributed by atoms with Gasteiger partial charge in [0.2, 0.25) is 0 Å². The van der Waals surface area contributed by atoms with Crippen LogP contribution in [0, 0.1) is 0 Å². The quantitative estimate of drug-likeness (QED) is 0.670. The molecular weight excluding hydrogens is 250 g/mol. The molecule has 0 spiro atoms. The van der Waals surface area contributed by atoms with Crippen molar-refractivity contribution in [2.24, 2.45) is 0 Å². The Balaban J connectivity index is 2.91. The van der Waals surface area contributed by atoms with Gasteiger partial charge < -0.3 is 0 Å². The first kappa shape index (κ1) is 7.56. The zero-order valence-electron chi connectivity index (χ0n) is 5.21. The first-order valence-electron chi connectivity index (χ1n) is 2.85. The number of rotatable bonds is 0. The molecule has 0 aliphatic rings. The van der Waals surface area contributed by atoms with Gasteiger partial charge in [-0.05, 0) is 0 Å². The molecule has 2 aromatic rings. The second kappa shape index (κ2) is 2.76. The van der Waals surface area contributed by atoms with Crippen molar-refractivity contribution in [2.75, 3.05) is 0 Å². The summed E-state index contributed by atoms with van der Waals surface area (Å²) in [6.07, 6.45) is 0. The first-order valence-corrected chi connectivity index (χ1v) is 5.13. The molecule has 0 unspecified atom stereocenters. The normalized spacial score (nSPS) is 10.7. The second-order valence-electron chi connectivity index (χ2n) is 2.02. The number of hydrogen-bond acceptors (Lipinski definition) is 2. The zero-order chi connectivity index (χ0) is 7.84. The molecule has 0 aliphatic heterocycles. The van der Waals surface area contributed by atoms with Crippen molar-refractivity contribution < 1.29 is 0 Å². The second-order valence-corrected chi connectivity index (χ2v) is 3.97. The zero-order valence-corrected chi connectivity index (χ0v) is 8.44. The van der Waals surface area contributed by atoms with E-state index in [1.165, 1.54) is 0 Å². The van der Waals surface area contributed by atoms with E-state index >= 15 is 0 Å². The standard InChI is InChI=1S/C6H2Cl2N2Se/c7-3-1-4(8)6-5(2-3)9-11-10-6/h1-2H. The van der Waals surface area contributed by atoms with E-state index in [2.05, 4.69) is 7.96 Å². The summed E-state index contributed by atoms with van der Waals surface area (Å²) in [6.45, 7) is 0. The molecule has 0 saturated carbocycles. The number of aromatic nitrogens is 2. The van der Waals surface area contributed by atoms with Gasteiger partial charge in [0.1, 0.15) is 0 Å². The predicted octanol–water partition coefficient (Wildman–Crippen LogP) is 1.99. The molecule has 0 fully saturated rings. The van der Waals surface area contributed by atoms with Gasteiger partial charge in [0.25, 0.3) is 0 Å². The van der Waals surface area contributed by atoms with E-state index in [0.29, 0.717) is 10.0 Å². The van der Waals surface area contributed by atoms with Gasteiger partial charge in [-0.1, -0.05) is 0 Å². The van der Waals surface area contributed by atoms with Crippen LogP contribution in [0.2, 0.25) is 10.0 Å². The summed E-state index contributed by atoms with van der Waals surface area (Å²) in [5.41, 5.74) is 1.61. The predicted molar refractivity (Wildman–Crippen MR) is 46.5 cm³/mol. The van der Waals surface area contributed by atoms with Crippen LogP contribution >= 0.6 is 23.2 Å². The molecule has 0 radical (unpaired) electrons. The SMILES string of the molecule is Clc1cc(Cl)c2n[se]nc2c1. The Labute approximate surface area is 79.4 Å². The van der Waals surface area contributed by atoms with Gasteiger partial charge in [-0.15, -0.1) is 0 Å². The average molecular weight is 252 g/mol. The van der Waals surface area contributed by atoms with Gasteiger partial charge in [-0.25, -0.2) is 0 Å². The summed E-state index contributed by atoms with van der Waals surface area (Å²) < 4.78 is 8.29. The maximum atomic E-state index is 5.85. The molecule has 2 nitrogen and oxygen atoms in total. The van der Waals surface area contributed by atoms with Crippen LogP contribution in [-0.2, 0) is 0 Å². The Bertz CT molecular complexity index is 398. The van der Waals surface area contributed by atoms with Crippen molar-refractivity contribution >= 4 is 49.2 Å². The van der Waals surface area contributed by atoms with E-state index in [9.17, 15) is 0 Å². The minimum absolute atomic E-state index is 0.0311. The van der Waals surface area contributed by atoms with E-state index < -0.39 is 0 Å². The van der Waals surface area contributed by atoms with Crippen molar-refractivity contribution in [3.63, 3.8) is 0 Å². The molecule has 56 valence electrons. The molecule has 1 aromatic carbocycles. The summed E-state index contributed by atoms with van der Waals surface area (Å²) >= 11 is 11.6. The van der Waals surface area contributed by atoms with Crippen molar-refractivity contribution in [1.82, 2.24) is 7.96 Å². The molecule has 2 rings (SSSR count). The molecule has 0 aliphatic carbocycles. The number of nitrogens with zero attached hydrogens (tertiary/aromatic N) is 2. The van der Waals surface area contributed by atoms with Crippen molar-refractivity contribution in [2.45, 2.75) is 0 Å². The Hall–Kier alpha value is -0.0805. The fraction of sp³-hybridized carbons (Fsp3) is 0. The maximum absolute atomic E-state index is 5.85. The number of halogens is 2. The number of hydrogen-bond donors (Lipinski definition) is 0. The Morgan fingerprint density at radius 3 is 2.82 bits per heavy atom. The van der Waals surface area contributed by atoms with E-state index in [-0.39, 0.29) is 15.0 Å². The van der Waals surface area contributed by atoms with Crippen LogP contribution in [0.1, 0.15) is 0 Å². The van der Waals surface area contributed by atoms with Crippen LogP contribution in [0.4, 0.5) is 0 Å². The van der Waals surface area contributed by atoms with Gasteiger partial charge in [-0.2, -0.15) is 0 Å². The van der Waals surface area contributed by atoms with Crippen LogP contribution in [0.15, 0.2) is 12.1 Å². The topological polar surface area (TPSA) is 25.8 Å². The fourth-order valence-corrected chi connectivity index (χ4v) is 2.59. The van der Waals surface area contributed by atoms with Gasteiger partial charge >= 0.3 is 79.3 Å². The van der Waals surface area contributed by atoms with Crippen LogP contribution in [0.5, 0.6) is 0 Å². The molecule has 1 heterocycles. The van der Waals surface area contributed by atoms with E-state index in [1.54, 1.807) is 12.1 Å². The molecular formula is C6H2Cl2N2Se. The van der Waals surface area contributed by atoms with Crippen LogP contribution in [0.3, 0.4) is 0 Å². The van der Waals surface area contributed by atoms with Crippen molar-refractivity contribution in [3.05, 3.63) is 22.2 Å². The summed E-state index contributed by atoms with van der Waals surface area (Å²) in [4.78, 5) is 0. The van der Waals surface area contributed by atoms with Gasteiger partial charge in [-0.3, -0.25) is 0 Å². The molecule has 0 N–H and O–H groups in total. The van der Waals surface area contributed by atoms with E-state index in [1.807, 2.05) is 0 Å². The Morgan fingerprint density at radius 2 is 2.00 bits per heavy atom. The summed E-state index contributed by atoms with van der Waals surface area (Å²) in [7, 11) is 0. The van der Waals surface area contributed by atoms with Crippen molar-refractivity contribution in [1.29, 1.82) is 0 Å². The van der Waals surface area contributed by atoms with Gasteiger partial charge in [0.15, 0.2) is 0 Å². The van der Waals surface area contributed by atoms with Gasteiger partial charge in [0, 0.05) is 0 Å². The molecule has 1 aromatic heterocycles. The number of fused-ring (bicyclic) bond motifs is 1. The summed E-state index contributed by atoms with van der Waals surface area (Å²) in [6, 6.07) is 3.46. The van der Waals surface area contributed by atoms with Gasteiger partial charge in [0.05, 0.1) is 0 Å².